The van der Waals surface area contributed by atoms with E-state index in [1.165, 1.54) is 7.05 Å². The molecule has 3 aliphatic rings. The summed E-state index contributed by atoms with van der Waals surface area (Å²) in [5, 5.41) is 35.6. The predicted octanol–water partition coefficient (Wildman–Crippen LogP) is 1.71. The molecule has 2 atom stereocenters. The van der Waals surface area contributed by atoms with Crippen molar-refractivity contribution in [2.75, 3.05) is 95.1 Å². The molecular formula is C43H49N15O7S. The molecule has 66 heavy (non-hydrogen) atoms. The highest BCUT2D eigenvalue weighted by molar-refractivity contribution is 7.18. The quantitative estimate of drug-likeness (QED) is 0.0921. The van der Waals surface area contributed by atoms with Gasteiger partial charge in [-0.1, -0.05) is 11.3 Å². The van der Waals surface area contributed by atoms with E-state index in [2.05, 4.69) is 66.4 Å². The summed E-state index contributed by atoms with van der Waals surface area (Å²) in [4.78, 5) is 95.0. The fourth-order valence-corrected chi connectivity index (χ4v) is 9.12. The lowest BCUT2D eigenvalue weighted by Gasteiger charge is -2.35. The second kappa shape index (κ2) is 20.2. The Kier molecular flexibility index (Phi) is 13.8. The van der Waals surface area contributed by atoms with Gasteiger partial charge in [-0.3, -0.25) is 48.8 Å². The maximum absolute atomic E-state index is 13.1. The van der Waals surface area contributed by atoms with E-state index in [4.69, 9.17) is 5.11 Å². The Morgan fingerprint density at radius 1 is 0.712 bits per heavy atom. The first kappa shape index (κ1) is 45.2. The number of nitrogens with one attached hydrogen (secondary N) is 6. The number of carboxylic acid groups (broad SMARTS) is 1. The molecule has 3 saturated heterocycles. The summed E-state index contributed by atoms with van der Waals surface area (Å²) in [6.45, 7) is 5.15. The number of rotatable bonds is 12. The number of aromatic amines is 2. The largest absolute Gasteiger partial charge is 0.480 e. The Hall–Kier alpha value is -7.37. The predicted molar refractivity (Wildman–Crippen MR) is 245 cm³/mol. The number of aliphatic carboxylic acids is 1. The lowest BCUT2D eigenvalue weighted by atomic mass is 10.1. The number of carbonyl (C=O) groups excluding carboxylic acids is 5. The Morgan fingerprint density at radius 3 is 1.76 bits per heavy atom. The Balaban J connectivity index is 0.000000203. The molecule has 6 aromatic rings. The van der Waals surface area contributed by atoms with Crippen molar-refractivity contribution in [2.45, 2.75) is 12.8 Å². The third-order valence-electron chi connectivity index (χ3n) is 11.7. The minimum Gasteiger partial charge on any atom is -0.480 e. The molecule has 344 valence electrons. The van der Waals surface area contributed by atoms with E-state index in [0.717, 1.165) is 10.0 Å². The number of benzene rings is 2. The van der Waals surface area contributed by atoms with Gasteiger partial charge >= 0.3 is 5.97 Å². The Morgan fingerprint density at radius 2 is 1.24 bits per heavy atom. The second-order valence-electron chi connectivity index (χ2n) is 16.1. The number of carbonyl (C=O) groups is 6. The molecule has 23 heteroatoms. The number of carboxylic acids is 1. The van der Waals surface area contributed by atoms with E-state index in [0.29, 0.717) is 111 Å². The number of H-pyrrole nitrogens is 2. The van der Waals surface area contributed by atoms with Gasteiger partial charge in [0.05, 0.1) is 47.0 Å². The summed E-state index contributed by atoms with van der Waals surface area (Å²) in [6.07, 6.45) is 6.53. The summed E-state index contributed by atoms with van der Waals surface area (Å²) < 4.78 is 0. The standard InChI is InChI=1S/C27H30N10O3S.C16H19N5O4/c1-28-26(40)23-19-13-18(3-4-20(19)33-34-23)32-25(39)17-5-8-35(15-17)16-22(38)36-9-11-37(12-10-36)27-31-14-21(41-27)24-29-6-2-7-30-24;1-17-16(25)14-11-6-10(2-3-12(11)19-20-14)18-15(24)9-4-5-21(7-9)8-13(22)23/h2-4,6-7,13-14,17H,5,8-12,15-16H2,1H3,(H,28,40)(H,32,39)(H,33,34);2-3,6,9H,4-5,7-8H2,1H3,(H,17,25)(H,18,24)(H,19,20)(H,22,23). The topological polar surface area (TPSA) is 280 Å². The summed E-state index contributed by atoms with van der Waals surface area (Å²) in [6, 6.07) is 12.3. The molecule has 4 aromatic heterocycles. The van der Waals surface area contributed by atoms with Gasteiger partial charge in [0, 0.05) is 87.9 Å². The summed E-state index contributed by atoms with van der Waals surface area (Å²) in [5.41, 5.74) is 3.13. The first-order valence-corrected chi connectivity index (χ1v) is 22.2. The van der Waals surface area contributed by atoms with Crippen molar-refractivity contribution in [2.24, 2.45) is 11.8 Å². The lowest BCUT2D eigenvalue weighted by Crippen LogP contribution is -2.51. The number of nitrogens with zero attached hydrogens (tertiary/aromatic N) is 9. The van der Waals surface area contributed by atoms with Crippen molar-refractivity contribution in [1.29, 1.82) is 0 Å². The highest BCUT2D eigenvalue weighted by atomic mass is 32.1. The number of aromatic nitrogens is 7. The number of thiazole rings is 1. The monoisotopic (exact) mass is 919 g/mol. The lowest BCUT2D eigenvalue weighted by molar-refractivity contribution is -0.138. The first-order chi connectivity index (χ1) is 32.0. The zero-order valence-electron chi connectivity index (χ0n) is 36.2. The third kappa shape index (κ3) is 10.4. The van der Waals surface area contributed by atoms with Crippen LogP contribution in [0.3, 0.4) is 0 Å². The normalized spacial score (nSPS) is 17.6. The molecule has 7 N–H and O–H groups in total. The average Bonchev–Trinajstić information content (AvgIpc) is 4.20. The number of fused-ring (bicyclic) bond motifs is 2. The molecule has 0 saturated carbocycles. The molecule has 0 aliphatic carbocycles. The highest BCUT2D eigenvalue weighted by Gasteiger charge is 2.32. The van der Waals surface area contributed by atoms with Gasteiger partial charge in [0.1, 0.15) is 0 Å². The molecule has 9 rings (SSSR count). The molecule has 0 bridgehead atoms. The van der Waals surface area contributed by atoms with E-state index >= 15 is 0 Å². The van der Waals surface area contributed by atoms with Gasteiger partial charge in [0.15, 0.2) is 22.3 Å². The fraction of sp³-hybridized carbons (Fsp3) is 0.372. The minimum atomic E-state index is -0.895. The van der Waals surface area contributed by atoms with E-state index in [1.54, 1.807) is 84.3 Å². The molecule has 2 unspecified atom stereocenters. The maximum Gasteiger partial charge on any atom is 0.317 e. The number of likely N-dealkylation sites (tertiary alicyclic amines) is 2. The third-order valence-corrected chi connectivity index (χ3v) is 12.8. The zero-order valence-corrected chi connectivity index (χ0v) is 37.1. The van der Waals surface area contributed by atoms with Crippen molar-refractivity contribution >= 4 is 85.2 Å². The molecule has 0 radical (unpaired) electrons. The van der Waals surface area contributed by atoms with Crippen LogP contribution in [0.4, 0.5) is 16.5 Å². The summed E-state index contributed by atoms with van der Waals surface area (Å²) in [7, 11) is 3.07. The molecule has 2 aromatic carbocycles. The number of anilines is 3. The van der Waals surface area contributed by atoms with Crippen LogP contribution in [-0.2, 0) is 19.2 Å². The SMILES string of the molecule is CNC(=O)c1n[nH]c2ccc(NC(=O)C3CCN(CC(=O)N4CCN(c5ncc(-c6ncccn6)s5)CC4)C3)cc12.CNC(=O)c1n[nH]c2ccc(NC(=O)C3CCN(CC(=O)O)C3)cc12. The smallest absolute Gasteiger partial charge is 0.317 e. The average molecular weight is 920 g/mol. The van der Waals surface area contributed by atoms with Crippen molar-refractivity contribution in [3.63, 3.8) is 0 Å². The van der Waals surface area contributed by atoms with Crippen molar-refractivity contribution < 1.29 is 33.9 Å². The van der Waals surface area contributed by atoms with Crippen LogP contribution in [0.15, 0.2) is 61.1 Å². The van der Waals surface area contributed by atoms with Gasteiger partial charge in [-0.15, -0.1) is 0 Å². The van der Waals surface area contributed by atoms with Gasteiger partial charge in [0.25, 0.3) is 11.8 Å². The van der Waals surface area contributed by atoms with Crippen LogP contribution in [0.25, 0.3) is 32.5 Å². The van der Waals surface area contributed by atoms with E-state index < -0.39 is 5.97 Å². The maximum atomic E-state index is 13.1. The van der Waals surface area contributed by atoms with Crippen molar-refractivity contribution in [3.05, 3.63) is 72.4 Å². The zero-order chi connectivity index (χ0) is 46.3. The summed E-state index contributed by atoms with van der Waals surface area (Å²) in [5.74, 6) is -1.48. The van der Waals surface area contributed by atoms with Crippen LogP contribution in [0.5, 0.6) is 0 Å². The van der Waals surface area contributed by atoms with Crippen molar-refractivity contribution in [1.82, 2.24) is 60.7 Å². The summed E-state index contributed by atoms with van der Waals surface area (Å²) >= 11 is 1.55. The van der Waals surface area contributed by atoms with Crippen LogP contribution in [0.1, 0.15) is 33.8 Å². The number of piperazine rings is 1. The molecule has 7 heterocycles. The van der Waals surface area contributed by atoms with Crippen LogP contribution in [-0.4, -0.2) is 170 Å². The molecule has 3 aliphatic heterocycles. The highest BCUT2D eigenvalue weighted by Crippen LogP contribution is 2.30. The van der Waals surface area contributed by atoms with Gasteiger partial charge < -0.3 is 36.2 Å². The fourth-order valence-electron chi connectivity index (χ4n) is 8.21. The molecule has 0 spiro atoms. The van der Waals surface area contributed by atoms with E-state index in [1.807, 2.05) is 4.90 Å². The van der Waals surface area contributed by atoms with Crippen LogP contribution in [0.2, 0.25) is 0 Å². The van der Waals surface area contributed by atoms with Crippen LogP contribution in [0, 0.1) is 11.8 Å². The number of hydrogen-bond donors (Lipinski definition) is 7. The van der Waals surface area contributed by atoms with Crippen LogP contribution >= 0.6 is 11.3 Å². The van der Waals surface area contributed by atoms with Crippen molar-refractivity contribution in [3.8, 4) is 10.7 Å². The second-order valence-corrected chi connectivity index (χ2v) is 17.1. The van der Waals surface area contributed by atoms with Gasteiger partial charge in [0.2, 0.25) is 17.7 Å². The molecular weight excluding hydrogens is 871 g/mol. The first-order valence-electron chi connectivity index (χ1n) is 21.4. The van der Waals surface area contributed by atoms with E-state index in [-0.39, 0.29) is 59.3 Å². The Bertz CT molecular complexity index is 2750. The molecule has 3 fully saturated rings. The van der Waals surface area contributed by atoms with Gasteiger partial charge in [-0.2, -0.15) is 10.2 Å². The Labute approximate surface area is 381 Å². The van der Waals surface area contributed by atoms with E-state index in [9.17, 15) is 28.8 Å². The van der Waals surface area contributed by atoms with Gasteiger partial charge in [-0.25, -0.2) is 15.0 Å². The van der Waals surface area contributed by atoms with Gasteiger partial charge in [-0.05, 0) is 68.4 Å². The minimum absolute atomic E-state index is 0.0553. The number of amides is 5. The molecule has 22 nitrogen and oxygen atoms in total. The van der Waals surface area contributed by atoms with Crippen LogP contribution < -0.4 is 26.2 Å². The number of hydrogen-bond acceptors (Lipinski definition) is 15. The molecule has 5 amide bonds.